The van der Waals surface area contributed by atoms with Crippen LogP contribution in [-0.4, -0.2) is 37.4 Å². The molecule has 2 aromatic rings. The van der Waals surface area contributed by atoms with E-state index in [2.05, 4.69) is 15.6 Å². The summed E-state index contributed by atoms with van der Waals surface area (Å²) in [5.74, 6) is 0.0477. The molecule has 0 atom stereocenters. The molecule has 0 saturated carbocycles. The van der Waals surface area contributed by atoms with E-state index >= 15 is 0 Å². The highest BCUT2D eigenvalue weighted by Crippen LogP contribution is 2.38. The highest BCUT2D eigenvalue weighted by molar-refractivity contribution is 7.98. The molecule has 5 nitrogen and oxygen atoms in total. The van der Waals surface area contributed by atoms with Crippen LogP contribution in [0.3, 0.4) is 0 Å². The number of halogens is 4. The van der Waals surface area contributed by atoms with Crippen molar-refractivity contribution in [2.45, 2.75) is 11.1 Å². The minimum Gasteiger partial charge on any atom is -0.354 e. The quantitative estimate of drug-likeness (QED) is 0.700. The van der Waals surface area contributed by atoms with Crippen LogP contribution in [0.25, 0.3) is 0 Å². The highest BCUT2D eigenvalue weighted by atomic mass is 35.5. The number of pyridine rings is 1. The van der Waals surface area contributed by atoms with Crippen molar-refractivity contribution < 1.29 is 13.2 Å². The summed E-state index contributed by atoms with van der Waals surface area (Å²) in [6, 6.07) is 7.65. The largest absolute Gasteiger partial charge is 0.417 e. The number of piperazine rings is 1. The van der Waals surface area contributed by atoms with Crippen LogP contribution in [0.15, 0.2) is 29.2 Å². The molecular weight excluding hydrogens is 411 g/mol. The van der Waals surface area contributed by atoms with Gasteiger partial charge in [-0.1, -0.05) is 11.6 Å². The normalized spacial score (nSPS) is 14.6. The van der Waals surface area contributed by atoms with Crippen molar-refractivity contribution in [1.82, 2.24) is 10.3 Å². The van der Waals surface area contributed by atoms with Crippen molar-refractivity contribution >= 4 is 40.7 Å². The van der Waals surface area contributed by atoms with Gasteiger partial charge in [-0.2, -0.15) is 18.4 Å². The molecule has 3 rings (SSSR count). The van der Waals surface area contributed by atoms with Crippen LogP contribution < -0.4 is 15.5 Å². The number of anilines is 3. The van der Waals surface area contributed by atoms with Gasteiger partial charge >= 0.3 is 6.18 Å². The third kappa shape index (κ3) is 4.46. The Kier molecular flexibility index (Phi) is 6.23. The summed E-state index contributed by atoms with van der Waals surface area (Å²) >= 11 is 7.45. The summed E-state index contributed by atoms with van der Waals surface area (Å²) in [6.45, 7) is 2.36. The smallest absolute Gasteiger partial charge is 0.354 e. The van der Waals surface area contributed by atoms with E-state index in [0.29, 0.717) is 36.9 Å². The van der Waals surface area contributed by atoms with Crippen LogP contribution in [0.2, 0.25) is 5.02 Å². The van der Waals surface area contributed by atoms with Gasteiger partial charge in [0.05, 0.1) is 11.3 Å². The van der Waals surface area contributed by atoms with Gasteiger partial charge < -0.3 is 15.5 Å². The zero-order chi connectivity index (χ0) is 20.3. The molecule has 1 aliphatic rings. The number of thioether (sulfide) groups is 1. The molecule has 1 aromatic heterocycles. The summed E-state index contributed by atoms with van der Waals surface area (Å²) in [5, 5.41) is 15.9. The minimum atomic E-state index is -4.68. The van der Waals surface area contributed by atoms with Gasteiger partial charge in [-0.3, -0.25) is 0 Å². The maximum absolute atomic E-state index is 13.6. The van der Waals surface area contributed by atoms with Gasteiger partial charge in [0, 0.05) is 36.1 Å². The summed E-state index contributed by atoms with van der Waals surface area (Å²) in [5.41, 5.74) is -1.05. The van der Waals surface area contributed by atoms with E-state index in [4.69, 9.17) is 11.6 Å². The predicted octanol–water partition coefficient (Wildman–Crippen LogP) is 4.50. The van der Waals surface area contributed by atoms with E-state index in [-0.39, 0.29) is 11.6 Å². The lowest BCUT2D eigenvalue weighted by molar-refractivity contribution is -0.137. The van der Waals surface area contributed by atoms with Gasteiger partial charge in [0.15, 0.2) is 5.82 Å². The van der Waals surface area contributed by atoms with E-state index in [1.807, 2.05) is 6.26 Å². The molecular formula is C18H17ClF3N5S. The van der Waals surface area contributed by atoms with E-state index < -0.39 is 17.3 Å². The second kappa shape index (κ2) is 8.47. The van der Waals surface area contributed by atoms with E-state index in [0.717, 1.165) is 11.0 Å². The first-order valence-corrected chi connectivity index (χ1v) is 10.0. The average Bonchev–Trinajstić information content (AvgIpc) is 2.67. The molecule has 2 N–H and O–H groups in total. The van der Waals surface area contributed by atoms with Crippen molar-refractivity contribution in [3.05, 3.63) is 40.4 Å². The first-order chi connectivity index (χ1) is 13.3. The summed E-state index contributed by atoms with van der Waals surface area (Å²) < 4.78 is 40.9. The lowest BCUT2D eigenvalue weighted by Crippen LogP contribution is -2.44. The van der Waals surface area contributed by atoms with E-state index in [1.54, 1.807) is 29.2 Å². The maximum Gasteiger partial charge on any atom is 0.417 e. The van der Waals surface area contributed by atoms with Crippen LogP contribution in [0.1, 0.15) is 11.1 Å². The number of hydrogen-bond acceptors (Lipinski definition) is 6. The number of aromatic nitrogens is 1. The number of nitrogens with one attached hydrogen (secondary N) is 2. The first-order valence-electron chi connectivity index (χ1n) is 8.42. The highest BCUT2D eigenvalue weighted by Gasteiger charge is 2.36. The average molecular weight is 428 g/mol. The molecule has 1 saturated heterocycles. The molecule has 0 unspecified atom stereocenters. The second-order valence-corrected chi connectivity index (χ2v) is 7.35. The maximum atomic E-state index is 13.6. The van der Waals surface area contributed by atoms with Crippen LogP contribution in [-0.2, 0) is 6.18 Å². The van der Waals surface area contributed by atoms with Crippen molar-refractivity contribution in [1.29, 1.82) is 5.26 Å². The predicted molar refractivity (Wildman–Crippen MR) is 106 cm³/mol. The summed E-state index contributed by atoms with van der Waals surface area (Å²) in [4.78, 5) is 6.90. The van der Waals surface area contributed by atoms with Gasteiger partial charge in [0.1, 0.15) is 17.5 Å². The zero-order valence-corrected chi connectivity index (χ0v) is 16.5. The molecule has 10 heteroatoms. The van der Waals surface area contributed by atoms with E-state index in [1.165, 1.54) is 11.8 Å². The molecule has 1 aromatic carbocycles. The molecule has 1 fully saturated rings. The van der Waals surface area contributed by atoms with Gasteiger partial charge in [-0.05, 0) is 30.5 Å². The van der Waals surface area contributed by atoms with Crippen molar-refractivity contribution in [2.75, 3.05) is 42.7 Å². The number of nitrogens with zero attached hydrogens (tertiary/aromatic N) is 3. The van der Waals surface area contributed by atoms with Crippen LogP contribution in [0, 0.1) is 11.3 Å². The minimum absolute atomic E-state index is 0.136. The molecule has 0 radical (unpaired) electrons. The third-order valence-electron chi connectivity index (χ3n) is 4.28. The monoisotopic (exact) mass is 427 g/mol. The van der Waals surface area contributed by atoms with Crippen LogP contribution >= 0.6 is 23.4 Å². The molecule has 0 bridgehead atoms. The topological polar surface area (TPSA) is 64.0 Å². The molecule has 2 heterocycles. The first kappa shape index (κ1) is 20.6. The lowest BCUT2D eigenvalue weighted by atomic mass is 10.1. The Bertz CT molecular complexity index is 907. The fraction of sp³-hybridized carbons (Fsp3) is 0.333. The Morgan fingerprint density at radius 1 is 1.29 bits per heavy atom. The van der Waals surface area contributed by atoms with Crippen molar-refractivity contribution in [3.63, 3.8) is 0 Å². The Morgan fingerprint density at radius 2 is 2.00 bits per heavy atom. The standard InChI is InChI=1S/C18H17ClF3N5S/c1-28-15-3-2-11(19)8-14(15)25-17-12(10-23)13(18(20,21)22)9-16(26-17)27-6-4-24-5-7-27/h2-3,8-9,24H,4-7H2,1H3,(H,25,26). The summed E-state index contributed by atoms with van der Waals surface area (Å²) in [6.07, 6.45) is -2.84. The Hall–Kier alpha value is -2.15. The van der Waals surface area contributed by atoms with Crippen LogP contribution in [0.4, 0.5) is 30.5 Å². The SMILES string of the molecule is CSc1ccc(Cl)cc1Nc1nc(N2CCNCC2)cc(C(F)(F)F)c1C#N. The van der Waals surface area contributed by atoms with Gasteiger partial charge in [-0.15, -0.1) is 11.8 Å². The molecule has 0 spiro atoms. The van der Waals surface area contributed by atoms with Crippen LogP contribution in [0.5, 0.6) is 0 Å². The Labute approximate surface area is 169 Å². The Balaban J connectivity index is 2.13. The second-order valence-electron chi connectivity index (χ2n) is 6.07. The van der Waals surface area contributed by atoms with E-state index in [9.17, 15) is 18.4 Å². The number of hydrogen-bond donors (Lipinski definition) is 2. The molecule has 0 amide bonds. The number of nitriles is 1. The molecule has 148 valence electrons. The lowest BCUT2D eigenvalue weighted by Gasteiger charge is -2.29. The van der Waals surface area contributed by atoms with Crippen molar-refractivity contribution in [3.8, 4) is 6.07 Å². The summed E-state index contributed by atoms with van der Waals surface area (Å²) in [7, 11) is 0. The van der Waals surface area contributed by atoms with Gasteiger partial charge in [0.25, 0.3) is 0 Å². The van der Waals surface area contributed by atoms with Gasteiger partial charge in [-0.25, -0.2) is 4.98 Å². The fourth-order valence-electron chi connectivity index (χ4n) is 2.92. The van der Waals surface area contributed by atoms with Gasteiger partial charge in [0.2, 0.25) is 0 Å². The molecule has 1 aliphatic heterocycles. The van der Waals surface area contributed by atoms with Crippen molar-refractivity contribution in [2.24, 2.45) is 0 Å². The molecule has 0 aliphatic carbocycles. The molecule has 28 heavy (non-hydrogen) atoms. The zero-order valence-electron chi connectivity index (χ0n) is 14.9. The number of benzene rings is 1. The fourth-order valence-corrected chi connectivity index (χ4v) is 3.63. The number of alkyl halides is 3. The number of rotatable bonds is 4. The Morgan fingerprint density at radius 3 is 2.61 bits per heavy atom. The third-order valence-corrected chi connectivity index (χ3v) is 5.31.